The van der Waals surface area contributed by atoms with E-state index in [2.05, 4.69) is 218 Å². The van der Waals surface area contributed by atoms with Crippen LogP contribution in [0.15, 0.2) is 243 Å². The third-order valence-electron chi connectivity index (χ3n) is 13.7. The molecule has 11 aromatic carbocycles. The molecule has 0 saturated carbocycles. The standard InChI is InChI=1S/C63H39N3O2/c1-2-13-38(14-3-1)41-19-12-20-44(33-41)47-29-31-53(59-55-35-42-17-6-7-18-43(42)36-58(55)68-60(47)59)50-30-32-54(49-22-9-8-21-48(49)50)63-65-61(45-26-25-39-15-4-5-16-40(39)34-45)64-62(66-63)46-27-28-52-51-23-10-11-24-56(51)67-57(52)37-46/h1-37,62H,(H,64,65,66). The summed E-state index contributed by atoms with van der Waals surface area (Å²) in [5.74, 6) is 1.41. The summed E-state index contributed by atoms with van der Waals surface area (Å²) in [6, 6.07) is 79.4. The molecule has 3 heterocycles. The fourth-order valence-corrected chi connectivity index (χ4v) is 10.4. The van der Waals surface area contributed by atoms with Crippen LogP contribution in [0.2, 0.25) is 0 Å². The fraction of sp³-hybridized carbons (Fsp3) is 0.0159. The minimum Gasteiger partial charge on any atom is -0.456 e. The number of hydrogen-bond acceptors (Lipinski definition) is 5. The second kappa shape index (κ2) is 15.3. The maximum absolute atomic E-state index is 7.01. The van der Waals surface area contributed by atoms with Gasteiger partial charge >= 0.3 is 0 Å². The zero-order valence-corrected chi connectivity index (χ0v) is 36.7. The van der Waals surface area contributed by atoms with E-state index in [1.54, 1.807) is 0 Å². The Morgan fingerprint density at radius 3 is 1.84 bits per heavy atom. The van der Waals surface area contributed by atoms with Crippen molar-refractivity contribution in [3.05, 3.63) is 241 Å². The Bertz CT molecular complexity index is 4250. The van der Waals surface area contributed by atoms with E-state index >= 15 is 0 Å². The van der Waals surface area contributed by atoms with E-state index in [0.717, 1.165) is 116 Å². The van der Waals surface area contributed by atoms with Gasteiger partial charge in [-0.2, -0.15) is 0 Å². The molecular weight excluding hydrogens is 831 g/mol. The summed E-state index contributed by atoms with van der Waals surface area (Å²) in [7, 11) is 0. The van der Waals surface area contributed by atoms with Crippen LogP contribution in [0.4, 0.5) is 0 Å². The number of hydrogen-bond donors (Lipinski definition) is 1. The van der Waals surface area contributed by atoms with E-state index in [1.165, 1.54) is 16.3 Å². The first-order valence-corrected chi connectivity index (χ1v) is 23.1. The first-order valence-electron chi connectivity index (χ1n) is 23.1. The molecule has 0 aliphatic carbocycles. The van der Waals surface area contributed by atoms with Gasteiger partial charge in [-0.3, -0.25) is 0 Å². The Hall–Kier alpha value is -9.06. The molecule has 1 atom stereocenters. The number of nitrogens with zero attached hydrogens (tertiary/aromatic N) is 2. The molecule has 0 spiro atoms. The summed E-state index contributed by atoms with van der Waals surface area (Å²) >= 11 is 0. The summed E-state index contributed by atoms with van der Waals surface area (Å²) < 4.78 is 13.4. The third-order valence-corrected chi connectivity index (χ3v) is 13.7. The van der Waals surface area contributed by atoms with Crippen LogP contribution in [0.3, 0.4) is 0 Å². The summed E-state index contributed by atoms with van der Waals surface area (Å²) in [6.45, 7) is 0. The van der Waals surface area contributed by atoms with E-state index in [4.69, 9.17) is 18.8 Å². The highest BCUT2D eigenvalue weighted by atomic mass is 16.3. The van der Waals surface area contributed by atoms with Crippen LogP contribution >= 0.6 is 0 Å². The predicted octanol–water partition coefficient (Wildman–Crippen LogP) is 16.4. The fourth-order valence-electron chi connectivity index (χ4n) is 10.4. The van der Waals surface area contributed by atoms with Crippen molar-refractivity contribution in [2.24, 2.45) is 9.98 Å². The number of nitrogens with one attached hydrogen (secondary N) is 1. The molecule has 1 unspecified atom stereocenters. The van der Waals surface area contributed by atoms with Gasteiger partial charge in [0.15, 0.2) is 5.84 Å². The largest absolute Gasteiger partial charge is 0.456 e. The molecular formula is C63H39N3O2. The number of para-hydroxylation sites is 1. The number of fused-ring (bicyclic) bond motifs is 9. The Morgan fingerprint density at radius 2 is 0.985 bits per heavy atom. The van der Waals surface area contributed by atoms with E-state index in [9.17, 15) is 0 Å². The number of aliphatic imine (C=N–C) groups is 2. The van der Waals surface area contributed by atoms with Gasteiger partial charge in [-0.05, 0) is 103 Å². The molecule has 5 nitrogen and oxygen atoms in total. The van der Waals surface area contributed by atoms with Crippen LogP contribution < -0.4 is 5.32 Å². The lowest BCUT2D eigenvalue weighted by Gasteiger charge is -2.25. The van der Waals surface area contributed by atoms with Crippen molar-refractivity contribution in [3.63, 3.8) is 0 Å². The van der Waals surface area contributed by atoms with Gasteiger partial charge in [0.05, 0.1) is 0 Å². The van der Waals surface area contributed by atoms with Crippen molar-refractivity contribution in [3.8, 4) is 33.4 Å². The number of amidine groups is 2. The molecule has 0 amide bonds. The second-order valence-corrected chi connectivity index (χ2v) is 17.7. The molecule has 0 saturated heterocycles. The van der Waals surface area contributed by atoms with Gasteiger partial charge in [0.2, 0.25) is 0 Å². The first-order chi connectivity index (χ1) is 33.7. The van der Waals surface area contributed by atoms with Gasteiger partial charge in [0.1, 0.15) is 34.3 Å². The molecule has 13 aromatic rings. The highest BCUT2D eigenvalue weighted by Crippen LogP contribution is 2.45. The van der Waals surface area contributed by atoms with Crippen LogP contribution in [-0.4, -0.2) is 11.7 Å². The highest BCUT2D eigenvalue weighted by Gasteiger charge is 2.25. The second-order valence-electron chi connectivity index (χ2n) is 17.7. The first kappa shape index (κ1) is 38.2. The number of benzene rings is 11. The van der Waals surface area contributed by atoms with Crippen molar-refractivity contribution < 1.29 is 8.83 Å². The van der Waals surface area contributed by atoms with Crippen molar-refractivity contribution in [1.29, 1.82) is 0 Å². The minimum atomic E-state index is -0.431. The highest BCUT2D eigenvalue weighted by molar-refractivity contribution is 6.23. The van der Waals surface area contributed by atoms with Crippen molar-refractivity contribution in [1.82, 2.24) is 5.32 Å². The summed E-state index contributed by atoms with van der Waals surface area (Å²) in [6.07, 6.45) is -0.431. The van der Waals surface area contributed by atoms with Gasteiger partial charge in [-0.1, -0.05) is 182 Å². The molecule has 5 heteroatoms. The van der Waals surface area contributed by atoms with Gasteiger partial charge in [0, 0.05) is 43.8 Å². The molecule has 14 rings (SSSR count). The topological polar surface area (TPSA) is 63.0 Å². The molecule has 0 bridgehead atoms. The monoisotopic (exact) mass is 869 g/mol. The Balaban J connectivity index is 0.946. The van der Waals surface area contributed by atoms with Gasteiger partial charge in [-0.15, -0.1) is 0 Å². The summed E-state index contributed by atoms with van der Waals surface area (Å²) in [5.41, 5.74) is 13.1. The normalized spacial score (nSPS) is 14.0. The van der Waals surface area contributed by atoms with Gasteiger partial charge < -0.3 is 14.2 Å². The van der Waals surface area contributed by atoms with E-state index in [0.29, 0.717) is 5.84 Å². The number of rotatable bonds is 6. The summed E-state index contributed by atoms with van der Waals surface area (Å²) in [5, 5.41) is 15.0. The van der Waals surface area contributed by atoms with Gasteiger partial charge in [-0.25, -0.2) is 9.98 Å². The Labute approximate surface area is 391 Å². The maximum Gasteiger partial charge on any atom is 0.159 e. The molecule has 68 heavy (non-hydrogen) atoms. The molecule has 1 N–H and O–H groups in total. The zero-order chi connectivity index (χ0) is 44.7. The molecule has 0 fully saturated rings. The lowest BCUT2D eigenvalue weighted by molar-refractivity contribution is 0.655. The van der Waals surface area contributed by atoms with Crippen molar-refractivity contribution in [2.75, 3.05) is 0 Å². The van der Waals surface area contributed by atoms with E-state index in [-0.39, 0.29) is 0 Å². The average molecular weight is 870 g/mol. The zero-order valence-electron chi connectivity index (χ0n) is 36.7. The van der Waals surface area contributed by atoms with Crippen LogP contribution in [0.5, 0.6) is 0 Å². The molecule has 318 valence electrons. The Kier molecular flexibility index (Phi) is 8.58. The summed E-state index contributed by atoms with van der Waals surface area (Å²) in [4.78, 5) is 10.7. The van der Waals surface area contributed by atoms with Crippen LogP contribution in [-0.2, 0) is 0 Å². The Morgan fingerprint density at radius 1 is 0.353 bits per heavy atom. The molecule has 0 radical (unpaired) electrons. The predicted molar refractivity (Wildman–Crippen MR) is 282 cm³/mol. The maximum atomic E-state index is 7.01. The van der Waals surface area contributed by atoms with Crippen LogP contribution in [0, 0.1) is 0 Å². The molecule has 1 aliphatic rings. The van der Waals surface area contributed by atoms with E-state index < -0.39 is 6.17 Å². The average Bonchev–Trinajstić information content (AvgIpc) is 3.97. The SMILES string of the molecule is c1ccc(-c2cccc(-c3ccc(-c4ccc(C5=NC(c6ccc7ccccc7c6)=NC(c6ccc7c(c6)oc6ccccc67)N5)c5ccccc45)c4c3oc3cc5ccccc5cc34)c2)cc1. The quantitative estimate of drug-likeness (QED) is 0.181. The van der Waals surface area contributed by atoms with Gasteiger partial charge in [0.25, 0.3) is 0 Å². The van der Waals surface area contributed by atoms with Crippen LogP contribution in [0.1, 0.15) is 22.9 Å². The van der Waals surface area contributed by atoms with E-state index in [1.807, 2.05) is 12.1 Å². The smallest absolute Gasteiger partial charge is 0.159 e. The number of furan rings is 2. The van der Waals surface area contributed by atoms with Crippen LogP contribution in [0.25, 0.3) is 110 Å². The lowest BCUT2D eigenvalue weighted by Crippen LogP contribution is -2.33. The van der Waals surface area contributed by atoms with Crippen molar-refractivity contribution >= 4 is 87.9 Å². The molecule has 2 aromatic heterocycles. The minimum absolute atomic E-state index is 0.431. The lowest BCUT2D eigenvalue weighted by atomic mass is 9.89. The molecule has 1 aliphatic heterocycles. The third kappa shape index (κ3) is 6.24. The van der Waals surface area contributed by atoms with Crippen molar-refractivity contribution in [2.45, 2.75) is 6.17 Å².